The number of carboxylic acid groups (broad SMARTS) is 1. The van der Waals surface area contributed by atoms with Crippen molar-refractivity contribution in [2.24, 2.45) is 0 Å². The van der Waals surface area contributed by atoms with E-state index in [1.165, 1.54) is 0 Å². The van der Waals surface area contributed by atoms with Gasteiger partial charge in [0.25, 0.3) is 0 Å². The molecule has 120 valence electrons. The number of anilines is 1. The SMILES string of the molecule is Nc1ccccc1C(=O)c1ccccc1.O=C(O)[C@@H]1CCCN1. The molecule has 0 unspecified atom stereocenters. The molecule has 1 heterocycles. The summed E-state index contributed by atoms with van der Waals surface area (Å²) in [7, 11) is 0. The first-order chi connectivity index (χ1) is 11.1. The number of aliphatic carboxylic acids is 1. The molecule has 5 nitrogen and oxygen atoms in total. The summed E-state index contributed by atoms with van der Waals surface area (Å²) < 4.78 is 0. The molecule has 5 heteroatoms. The molecule has 3 rings (SSSR count). The van der Waals surface area contributed by atoms with E-state index in [-0.39, 0.29) is 11.8 Å². The summed E-state index contributed by atoms with van der Waals surface area (Å²) in [6.07, 6.45) is 1.78. The lowest BCUT2D eigenvalue weighted by Gasteiger charge is -2.03. The highest BCUT2D eigenvalue weighted by Crippen LogP contribution is 2.15. The molecule has 0 bridgehead atoms. The maximum atomic E-state index is 12.0. The Labute approximate surface area is 135 Å². The first kappa shape index (κ1) is 16.7. The Balaban J connectivity index is 0.000000203. The molecule has 0 saturated carbocycles. The van der Waals surface area contributed by atoms with Gasteiger partial charge in [-0.3, -0.25) is 9.59 Å². The van der Waals surface area contributed by atoms with E-state index >= 15 is 0 Å². The van der Waals surface area contributed by atoms with E-state index in [0.717, 1.165) is 19.4 Å². The minimum absolute atomic E-state index is 0.0336. The molecule has 4 N–H and O–H groups in total. The number of rotatable bonds is 3. The molecule has 1 atom stereocenters. The molecule has 0 aliphatic carbocycles. The summed E-state index contributed by atoms with van der Waals surface area (Å²) in [5, 5.41) is 11.2. The van der Waals surface area contributed by atoms with Crippen LogP contribution >= 0.6 is 0 Å². The first-order valence-electron chi connectivity index (χ1n) is 7.50. The Morgan fingerprint density at radius 2 is 1.70 bits per heavy atom. The number of para-hydroxylation sites is 1. The van der Waals surface area contributed by atoms with E-state index in [9.17, 15) is 9.59 Å². The Bertz CT molecular complexity index is 665. The van der Waals surface area contributed by atoms with Gasteiger partial charge >= 0.3 is 5.97 Å². The fraction of sp³-hybridized carbons (Fsp3) is 0.222. The molecule has 0 aromatic heterocycles. The number of nitrogens with one attached hydrogen (secondary N) is 1. The zero-order valence-electron chi connectivity index (χ0n) is 12.7. The molecule has 23 heavy (non-hydrogen) atoms. The molecule has 1 aliphatic heterocycles. The van der Waals surface area contributed by atoms with Crippen LogP contribution in [0, 0.1) is 0 Å². The maximum absolute atomic E-state index is 12.0. The van der Waals surface area contributed by atoms with Gasteiger partial charge in [-0.1, -0.05) is 42.5 Å². The number of nitrogens with two attached hydrogens (primary N) is 1. The van der Waals surface area contributed by atoms with Crippen molar-refractivity contribution in [1.82, 2.24) is 5.32 Å². The molecule has 2 aromatic carbocycles. The summed E-state index contributed by atoms with van der Waals surface area (Å²) in [5.41, 5.74) is 7.48. The average molecular weight is 312 g/mol. The molecule has 1 saturated heterocycles. The van der Waals surface area contributed by atoms with Crippen LogP contribution in [-0.2, 0) is 4.79 Å². The largest absolute Gasteiger partial charge is 0.480 e. The lowest BCUT2D eigenvalue weighted by Crippen LogP contribution is -2.29. The van der Waals surface area contributed by atoms with E-state index in [1.807, 2.05) is 30.3 Å². The van der Waals surface area contributed by atoms with E-state index in [2.05, 4.69) is 5.32 Å². The Hall–Kier alpha value is -2.66. The Morgan fingerprint density at radius 3 is 2.22 bits per heavy atom. The number of carbonyl (C=O) groups excluding carboxylic acids is 1. The molecule has 0 radical (unpaired) electrons. The average Bonchev–Trinajstić information content (AvgIpc) is 3.11. The summed E-state index contributed by atoms with van der Waals surface area (Å²) in [6.45, 7) is 0.858. The smallest absolute Gasteiger partial charge is 0.320 e. The number of nitrogen functional groups attached to an aromatic ring is 1. The summed E-state index contributed by atoms with van der Waals surface area (Å²) in [6, 6.07) is 16.0. The van der Waals surface area contributed by atoms with Gasteiger partial charge < -0.3 is 16.2 Å². The van der Waals surface area contributed by atoms with Crippen LogP contribution in [0.1, 0.15) is 28.8 Å². The number of ketones is 1. The number of hydrogen-bond acceptors (Lipinski definition) is 4. The van der Waals surface area contributed by atoms with Gasteiger partial charge in [-0.15, -0.1) is 0 Å². The van der Waals surface area contributed by atoms with Crippen LogP contribution in [0.15, 0.2) is 54.6 Å². The lowest BCUT2D eigenvalue weighted by atomic mass is 10.0. The minimum Gasteiger partial charge on any atom is -0.480 e. The highest BCUT2D eigenvalue weighted by atomic mass is 16.4. The Kier molecular flexibility index (Phi) is 5.88. The summed E-state index contributed by atoms with van der Waals surface area (Å²) in [5.74, 6) is -0.754. The monoisotopic (exact) mass is 312 g/mol. The maximum Gasteiger partial charge on any atom is 0.320 e. The summed E-state index contributed by atoms with van der Waals surface area (Å²) >= 11 is 0. The van der Waals surface area contributed by atoms with Gasteiger partial charge in [0.05, 0.1) is 0 Å². The van der Waals surface area contributed by atoms with Crippen molar-refractivity contribution in [1.29, 1.82) is 0 Å². The van der Waals surface area contributed by atoms with Crippen LogP contribution in [0.5, 0.6) is 0 Å². The van der Waals surface area contributed by atoms with Crippen molar-refractivity contribution in [2.75, 3.05) is 12.3 Å². The number of carbonyl (C=O) groups is 2. The van der Waals surface area contributed by atoms with Gasteiger partial charge in [-0.05, 0) is 31.5 Å². The van der Waals surface area contributed by atoms with E-state index in [0.29, 0.717) is 16.8 Å². The highest BCUT2D eigenvalue weighted by molar-refractivity contribution is 6.11. The first-order valence-corrected chi connectivity index (χ1v) is 7.50. The van der Waals surface area contributed by atoms with Gasteiger partial charge in [0.1, 0.15) is 6.04 Å². The fourth-order valence-corrected chi connectivity index (χ4v) is 2.34. The zero-order valence-corrected chi connectivity index (χ0v) is 12.7. The molecular weight excluding hydrogens is 292 g/mol. The second kappa shape index (κ2) is 8.10. The third-order valence-corrected chi connectivity index (χ3v) is 3.60. The normalized spacial score (nSPS) is 16.3. The highest BCUT2D eigenvalue weighted by Gasteiger charge is 2.20. The third-order valence-electron chi connectivity index (χ3n) is 3.60. The molecule has 0 spiro atoms. The Morgan fingerprint density at radius 1 is 1.04 bits per heavy atom. The van der Waals surface area contributed by atoms with Crippen molar-refractivity contribution >= 4 is 17.4 Å². The standard InChI is InChI=1S/C13H11NO.C5H9NO2/c14-12-9-5-4-8-11(12)13(15)10-6-2-1-3-7-10;7-5(8)4-2-1-3-6-4/h1-9H,14H2;4,6H,1-3H2,(H,7,8)/t;4-/m.0/s1. The van der Waals surface area contributed by atoms with E-state index in [1.54, 1.807) is 24.3 Å². The number of benzene rings is 2. The van der Waals surface area contributed by atoms with Gasteiger partial charge in [-0.2, -0.15) is 0 Å². The molecule has 2 aromatic rings. The predicted octanol–water partition coefficient (Wildman–Crippen LogP) is 2.32. The molecule has 1 aliphatic rings. The second-order valence-corrected chi connectivity index (χ2v) is 5.27. The van der Waals surface area contributed by atoms with Crippen LogP contribution in [0.4, 0.5) is 5.69 Å². The van der Waals surface area contributed by atoms with E-state index in [4.69, 9.17) is 10.8 Å². The van der Waals surface area contributed by atoms with Gasteiger partial charge in [0, 0.05) is 16.8 Å². The quantitative estimate of drug-likeness (QED) is 0.597. The van der Waals surface area contributed by atoms with Crippen LogP contribution in [-0.4, -0.2) is 29.4 Å². The van der Waals surface area contributed by atoms with Crippen molar-refractivity contribution in [2.45, 2.75) is 18.9 Å². The van der Waals surface area contributed by atoms with Gasteiger partial charge in [0.15, 0.2) is 5.78 Å². The number of hydrogen-bond donors (Lipinski definition) is 3. The van der Waals surface area contributed by atoms with Crippen LogP contribution in [0.2, 0.25) is 0 Å². The molecule has 1 fully saturated rings. The third kappa shape index (κ3) is 4.66. The van der Waals surface area contributed by atoms with Crippen LogP contribution in [0.3, 0.4) is 0 Å². The zero-order chi connectivity index (χ0) is 16.7. The fourth-order valence-electron chi connectivity index (χ4n) is 2.34. The summed E-state index contributed by atoms with van der Waals surface area (Å²) in [4.78, 5) is 22.1. The van der Waals surface area contributed by atoms with Crippen molar-refractivity contribution in [3.63, 3.8) is 0 Å². The van der Waals surface area contributed by atoms with Gasteiger partial charge in [0.2, 0.25) is 0 Å². The topological polar surface area (TPSA) is 92.4 Å². The van der Waals surface area contributed by atoms with Gasteiger partial charge in [-0.25, -0.2) is 0 Å². The van der Waals surface area contributed by atoms with Crippen LogP contribution < -0.4 is 11.1 Å². The van der Waals surface area contributed by atoms with Crippen molar-refractivity contribution < 1.29 is 14.7 Å². The second-order valence-electron chi connectivity index (χ2n) is 5.27. The molecule has 0 amide bonds. The van der Waals surface area contributed by atoms with Crippen LogP contribution in [0.25, 0.3) is 0 Å². The van der Waals surface area contributed by atoms with Crippen molar-refractivity contribution in [3.8, 4) is 0 Å². The lowest BCUT2D eigenvalue weighted by molar-refractivity contribution is -0.139. The predicted molar refractivity (Wildman–Crippen MR) is 89.4 cm³/mol. The van der Waals surface area contributed by atoms with Crippen molar-refractivity contribution in [3.05, 3.63) is 65.7 Å². The minimum atomic E-state index is -0.720. The van der Waals surface area contributed by atoms with E-state index < -0.39 is 5.97 Å². The number of carboxylic acids is 1. The molecular formula is C18H20N2O3.